The molecule has 1 aromatic carbocycles. The Morgan fingerprint density at radius 2 is 2.10 bits per heavy atom. The van der Waals surface area contributed by atoms with Crippen LogP contribution in [0, 0.1) is 5.82 Å². The molecule has 1 aromatic rings. The number of carbonyl (C=O) groups is 2. The van der Waals surface area contributed by atoms with Crippen molar-refractivity contribution >= 4 is 33.9 Å². The van der Waals surface area contributed by atoms with Crippen LogP contribution in [0.5, 0.6) is 0 Å². The predicted molar refractivity (Wildman–Crippen MR) is 82.0 cm³/mol. The highest BCUT2D eigenvalue weighted by Gasteiger charge is 2.18. The van der Waals surface area contributed by atoms with Crippen LogP contribution in [0.3, 0.4) is 0 Å². The zero-order valence-corrected chi connectivity index (χ0v) is 13.7. The molecule has 4 nitrogen and oxygen atoms in total. The van der Waals surface area contributed by atoms with Crippen LogP contribution in [0.25, 0.3) is 6.08 Å². The highest BCUT2D eigenvalue weighted by atomic mass is 79.9. The van der Waals surface area contributed by atoms with E-state index in [-0.39, 0.29) is 18.5 Å². The summed E-state index contributed by atoms with van der Waals surface area (Å²) in [5.41, 5.74) is 0.291. The first-order chi connectivity index (χ1) is 9.85. The molecule has 0 saturated carbocycles. The first-order valence-electron chi connectivity index (χ1n) is 6.35. The lowest BCUT2D eigenvalue weighted by Crippen LogP contribution is -2.40. The number of hydrogen-bond acceptors (Lipinski definition) is 3. The normalized spacial score (nSPS) is 11.0. The van der Waals surface area contributed by atoms with Crippen molar-refractivity contribution in [3.05, 3.63) is 40.1 Å². The molecule has 6 heteroatoms. The zero-order valence-electron chi connectivity index (χ0n) is 12.1. The van der Waals surface area contributed by atoms with Crippen LogP contribution in [0.15, 0.2) is 28.7 Å². The Morgan fingerprint density at radius 1 is 1.43 bits per heavy atom. The summed E-state index contributed by atoms with van der Waals surface area (Å²) in [6.07, 6.45) is 2.63. The second-order valence-electron chi connectivity index (χ2n) is 4.64. The lowest BCUT2D eigenvalue weighted by molar-refractivity contribution is -0.146. The molecule has 0 unspecified atom stereocenters. The van der Waals surface area contributed by atoms with Crippen LogP contribution in [0.1, 0.15) is 19.4 Å². The average molecular weight is 358 g/mol. The summed E-state index contributed by atoms with van der Waals surface area (Å²) in [4.78, 5) is 24.7. The third-order valence-electron chi connectivity index (χ3n) is 2.80. The summed E-state index contributed by atoms with van der Waals surface area (Å²) in [5.74, 6) is -1.31. The number of amides is 1. The van der Waals surface area contributed by atoms with Gasteiger partial charge in [-0.2, -0.15) is 0 Å². The molecule has 0 bridgehead atoms. The van der Waals surface area contributed by atoms with Gasteiger partial charge in [0.15, 0.2) is 0 Å². The highest BCUT2D eigenvalue weighted by Crippen LogP contribution is 2.17. The molecule has 0 fully saturated rings. The van der Waals surface area contributed by atoms with E-state index < -0.39 is 11.8 Å². The molecule has 1 rings (SSSR count). The van der Waals surface area contributed by atoms with Crippen molar-refractivity contribution in [1.82, 2.24) is 4.90 Å². The minimum atomic E-state index is -0.501. The number of benzene rings is 1. The van der Waals surface area contributed by atoms with E-state index in [0.29, 0.717) is 10.0 Å². The number of methoxy groups -OCH3 is 1. The Balaban J connectivity index is 2.88. The molecule has 0 aliphatic heterocycles. The SMILES string of the molecule is COC(=O)CN(C(=O)/C=C/c1cc(Br)ccc1F)C(C)C. The largest absolute Gasteiger partial charge is 0.468 e. The van der Waals surface area contributed by atoms with Crippen molar-refractivity contribution in [2.45, 2.75) is 19.9 Å². The molecule has 0 spiro atoms. The smallest absolute Gasteiger partial charge is 0.325 e. The molecule has 1 amide bonds. The van der Waals surface area contributed by atoms with Crippen LogP contribution < -0.4 is 0 Å². The monoisotopic (exact) mass is 357 g/mol. The van der Waals surface area contributed by atoms with Gasteiger partial charge in [0, 0.05) is 22.2 Å². The molecule has 21 heavy (non-hydrogen) atoms. The fraction of sp³-hybridized carbons (Fsp3) is 0.333. The summed E-state index contributed by atoms with van der Waals surface area (Å²) < 4.78 is 18.8. The van der Waals surface area contributed by atoms with Crippen LogP contribution >= 0.6 is 15.9 Å². The molecular weight excluding hydrogens is 341 g/mol. The van der Waals surface area contributed by atoms with Crippen molar-refractivity contribution < 1.29 is 18.7 Å². The van der Waals surface area contributed by atoms with E-state index in [1.807, 2.05) is 0 Å². The summed E-state index contributed by atoms with van der Waals surface area (Å²) in [7, 11) is 1.26. The van der Waals surface area contributed by atoms with E-state index in [1.54, 1.807) is 26.0 Å². The number of esters is 1. The van der Waals surface area contributed by atoms with E-state index in [9.17, 15) is 14.0 Å². The van der Waals surface area contributed by atoms with Crippen LogP contribution in [-0.4, -0.2) is 36.5 Å². The number of rotatable bonds is 5. The highest BCUT2D eigenvalue weighted by molar-refractivity contribution is 9.10. The number of hydrogen-bond donors (Lipinski definition) is 0. The van der Waals surface area contributed by atoms with Gasteiger partial charge in [0.1, 0.15) is 12.4 Å². The van der Waals surface area contributed by atoms with E-state index in [1.165, 1.54) is 30.2 Å². The van der Waals surface area contributed by atoms with Gasteiger partial charge in [-0.1, -0.05) is 15.9 Å². The summed E-state index contributed by atoms with van der Waals surface area (Å²) in [6.45, 7) is 3.43. The van der Waals surface area contributed by atoms with Crippen molar-refractivity contribution in [3.63, 3.8) is 0 Å². The van der Waals surface area contributed by atoms with E-state index in [0.717, 1.165) is 0 Å². The Morgan fingerprint density at radius 3 is 2.67 bits per heavy atom. The summed E-state index contributed by atoms with van der Waals surface area (Å²) in [6, 6.07) is 4.28. The van der Waals surface area contributed by atoms with Gasteiger partial charge in [0.25, 0.3) is 0 Å². The standard InChI is InChI=1S/C15H17BrFNO3/c1-10(2)18(9-15(20)21-3)14(19)7-4-11-8-12(16)5-6-13(11)17/h4-8,10H,9H2,1-3H3/b7-4+. The fourth-order valence-electron chi connectivity index (χ4n) is 1.62. The van der Waals surface area contributed by atoms with E-state index >= 15 is 0 Å². The first-order valence-corrected chi connectivity index (χ1v) is 7.15. The molecule has 0 aliphatic carbocycles. The Labute approximate surface area is 131 Å². The molecule has 0 saturated heterocycles. The molecule has 0 radical (unpaired) electrons. The maximum Gasteiger partial charge on any atom is 0.325 e. The Hall–Kier alpha value is -1.69. The Kier molecular flexibility index (Phi) is 6.55. The second kappa shape index (κ2) is 7.93. The molecule has 0 N–H and O–H groups in total. The number of ether oxygens (including phenoxy) is 1. The van der Waals surface area contributed by atoms with Gasteiger partial charge in [-0.3, -0.25) is 9.59 Å². The summed E-state index contributed by atoms with van der Waals surface area (Å²) in [5, 5.41) is 0. The minimum Gasteiger partial charge on any atom is -0.468 e. The van der Waals surface area contributed by atoms with Crippen molar-refractivity contribution in [2.75, 3.05) is 13.7 Å². The molecule has 114 valence electrons. The van der Waals surface area contributed by atoms with Gasteiger partial charge in [0.05, 0.1) is 7.11 Å². The van der Waals surface area contributed by atoms with Crippen molar-refractivity contribution in [3.8, 4) is 0 Å². The zero-order chi connectivity index (χ0) is 16.0. The molecule has 0 aliphatic rings. The van der Waals surface area contributed by atoms with Gasteiger partial charge in [-0.15, -0.1) is 0 Å². The molecule has 0 heterocycles. The van der Waals surface area contributed by atoms with E-state index in [2.05, 4.69) is 20.7 Å². The van der Waals surface area contributed by atoms with Crippen LogP contribution in [0.4, 0.5) is 4.39 Å². The fourth-order valence-corrected chi connectivity index (χ4v) is 2.00. The van der Waals surface area contributed by atoms with Gasteiger partial charge < -0.3 is 9.64 Å². The Bertz CT molecular complexity index is 558. The second-order valence-corrected chi connectivity index (χ2v) is 5.55. The third-order valence-corrected chi connectivity index (χ3v) is 3.29. The van der Waals surface area contributed by atoms with Gasteiger partial charge in [0.2, 0.25) is 5.91 Å². The first kappa shape index (κ1) is 17.4. The minimum absolute atomic E-state index is 0.141. The predicted octanol–water partition coefficient (Wildman–Crippen LogP) is 3.01. The number of halogens is 2. The lowest BCUT2D eigenvalue weighted by Gasteiger charge is -2.24. The van der Waals surface area contributed by atoms with Crippen molar-refractivity contribution in [1.29, 1.82) is 0 Å². The number of nitrogens with zero attached hydrogens (tertiary/aromatic N) is 1. The average Bonchev–Trinajstić information content (AvgIpc) is 2.44. The van der Waals surface area contributed by atoms with Crippen LogP contribution in [-0.2, 0) is 14.3 Å². The topological polar surface area (TPSA) is 46.6 Å². The third kappa shape index (κ3) is 5.30. The molecular formula is C15H17BrFNO3. The maximum atomic E-state index is 13.6. The van der Waals surface area contributed by atoms with Crippen molar-refractivity contribution in [2.24, 2.45) is 0 Å². The summed E-state index contributed by atoms with van der Waals surface area (Å²) >= 11 is 3.24. The molecule has 0 aromatic heterocycles. The lowest BCUT2D eigenvalue weighted by atomic mass is 10.2. The van der Waals surface area contributed by atoms with Gasteiger partial charge in [-0.25, -0.2) is 4.39 Å². The van der Waals surface area contributed by atoms with E-state index in [4.69, 9.17) is 0 Å². The van der Waals surface area contributed by atoms with Gasteiger partial charge in [-0.05, 0) is 38.1 Å². The quantitative estimate of drug-likeness (QED) is 0.601. The van der Waals surface area contributed by atoms with Gasteiger partial charge >= 0.3 is 5.97 Å². The molecule has 0 atom stereocenters. The number of carbonyl (C=O) groups excluding carboxylic acids is 2. The maximum absolute atomic E-state index is 13.6. The van der Waals surface area contributed by atoms with Crippen LogP contribution in [0.2, 0.25) is 0 Å².